The highest BCUT2D eigenvalue weighted by molar-refractivity contribution is 7.10. The summed E-state index contributed by atoms with van der Waals surface area (Å²) in [5, 5.41) is 9.06. The maximum absolute atomic E-state index is 4.90. The SMILES string of the molecule is CCNC(=NCC(c1cccs1)N1CCCC1)NCCN(CC)CC. The predicted octanol–water partition coefficient (Wildman–Crippen LogP) is 2.78. The van der Waals surface area contributed by atoms with Crippen LogP contribution in [0.3, 0.4) is 0 Å². The Morgan fingerprint density at radius 2 is 2.00 bits per heavy atom. The van der Waals surface area contributed by atoms with Gasteiger partial charge >= 0.3 is 0 Å². The first-order valence-electron chi connectivity index (χ1n) is 9.80. The molecule has 5 nitrogen and oxygen atoms in total. The molecule has 1 aromatic heterocycles. The van der Waals surface area contributed by atoms with Gasteiger partial charge in [-0.15, -0.1) is 11.3 Å². The molecule has 142 valence electrons. The minimum atomic E-state index is 0.417. The number of hydrogen-bond acceptors (Lipinski definition) is 4. The van der Waals surface area contributed by atoms with Crippen LogP contribution in [0.2, 0.25) is 0 Å². The summed E-state index contributed by atoms with van der Waals surface area (Å²) >= 11 is 1.85. The van der Waals surface area contributed by atoms with Crippen LogP contribution < -0.4 is 10.6 Å². The highest BCUT2D eigenvalue weighted by Gasteiger charge is 2.24. The van der Waals surface area contributed by atoms with Crippen LogP contribution in [0.15, 0.2) is 22.5 Å². The number of nitrogens with zero attached hydrogens (tertiary/aromatic N) is 3. The van der Waals surface area contributed by atoms with Gasteiger partial charge in [0.1, 0.15) is 0 Å². The zero-order valence-electron chi connectivity index (χ0n) is 16.1. The second-order valence-electron chi connectivity index (χ2n) is 6.45. The summed E-state index contributed by atoms with van der Waals surface area (Å²) in [6.45, 7) is 14.8. The fourth-order valence-electron chi connectivity index (χ4n) is 3.31. The van der Waals surface area contributed by atoms with E-state index in [1.165, 1.54) is 30.8 Å². The molecule has 25 heavy (non-hydrogen) atoms. The Labute approximate surface area is 157 Å². The normalized spacial score (nSPS) is 17.2. The number of thiophene rings is 1. The standard InChI is InChI=1S/C19H35N5S/c1-4-20-19(21-11-14-23(5-2)6-3)22-16-17(18-10-9-15-25-18)24-12-7-8-13-24/h9-10,15,17H,4-8,11-14,16H2,1-3H3,(H2,20,21,22). The molecule has 1 aliphatic heterocycles. The number of guanidine groups is 1. The van der Waals surface area contributed by atoms with Gasteiger partial charge in [-0.3, -0.25) is 9.89 Å². The summed E-state index contributed by atoms with van der Waals surface area (Å²) < 4.78 is 0. The fourth-order valence-corrected chi connectivity index (χ4v) is 4.16. The molecule has 1 fully saturated rings. The van der Waals surface area contributed by atoms with Crippen LogP contribution in [-0.2, 0) is 0 Å². The van der Waals surface area contributed by atoms with Crippen LogP contribution in [0.5, 0.6) is 0 Å². The first-order valence-corrected chi connectivity index (χ1v) is 10.7. The zero-order valence-corrected chi connectivity index (χ0v) is 16.9. The summed E-state index contributed by atoms with van der Waals surface area (Å²) in [5.74, 6) is 0.940. The lowest BCUT2D eigenvalue weighted by atomic mass is 10.2. The summed E-state index contributed by atoms with van der Waals surface area (Å²) in [7, 11) is 0. The Kier molecular flexibility index (Phi) is 9.29. The van der Waals surface area contributed by atoms with Gasteiger partial charge in [0.25, 0.3) is 0 Å². The Hall–Kier alpha value is -1.11. The molecule has 1 aromatic rings. The molecule has 6 heteroatoms. The summed E-state index contributed by atoms with van der Waals surface area (Å²) in [6.07, 6.45) is 2.63. The number of likely N-dealkylation sites (N-methyl/N-ethyl adjacent to an activating group) is 1. The maximum atomic E-state index is 4.90. The van der Waals surface area contributed by atoms with Gasteiger partial charge in [-0.25, -0.2) is 0 Å². The Bertz CT molecular complexity index is 478. The Balaban J connectivity index is 1.94. The fraction of sp³-hybridized carbons (Fsp3) is 0.737. The predicted molar refractivity (Wildman–Crippen MR) is 110 cm³/mol. The first kappa shape index (κ1) is 20.2. The van der Waals surface area contributed by atoms with Gasteiger partial charge in [0.05, 0.1) is 12.6 Å². The largest absolute Gasteiger partial charge is 0.357 e. The van der Waals surface area contributed by atoms with Crippen molar-refractivity contribution in [3.63, 3.8) is 0 Å². The zero-order chi connectivity index (χ0) is 17.9. The van der Waals surface area contributed by atoms with Crippen molar-refractivity contribution in [3.8, 4) is 0 Å². The number of aliphatic imine (C=N–C) groups is 1. The molecule has 1 aliphatic rings. The van der Waals surface area contributed by atoms with Gasteiger partial charge in [0, 0.05) is 24.5 Å². The van der Waals surface area contributed by atoms with Crippen molar-refractivity contribution in [2.24, 2.45) is 4.99 Å². The molecule has 0 bridgehead atoms. The third-order valence-electron chi connectivity index (χ3n) is 4.83. The van der Waals surface area contributed by atoms with Crippen LogP contribution in [0.1, 0.15) is 44.5 Å². The Morgan fingerprint density at radius 1 is 1.24 bits per heavy atom. The van der Waals surface area contributed by atoms with E-state index >= 15 is 0 Å². The minimum Gasteiger partial charge on any atom is -0.357 e. The number of hydrogen-bond donors (Lipinski definition) is 2. The molecular formula is C19H35N5S. The molecule has 0 aliphatic carbocycles. The van der Waals surface area contributed by atoms with E-state index in [9.17, 15) is 0 Å². The number of rotatable bonds is 10. The molecule has 0 aromatic carbocycles. The molecule has 0 amide bonds. The minimum absolute atomic E-state index is 0.417. The highest BCUT2D eigenvalue weighted by Crippen LogP contribution is 2.28. The molecule has 0 spiro atoms. The van der Waals surface area contributed by atoms with Crippen molar-refractivity contribution in [1.82, 2.24) is 20.4 Å². The third kappa shape index (κ3) is 6.60. The van der Waals surface area contributed by atoms with Gasteiger partial charge < -0.3 is 15.5 Å². The van der Waals surface area contributed by atoms with E-state index in [1.807, 2.05) is 11.3 Å². The summed E-state index contributed by atoms with van der Waals surface area (Å²) in [5.41, 5.74) is 0. The van der Waals surface area contributed by atoms with Gasteiger partial charge in [-0.05, 0) is 57.4 Å². The lowest BCUT2D eigenvalue weighted by Crippen LogP contribution is -2.42. The molecule has 2 rings (SSSR count). The van der Waals surface area contributed by atoms with Crippen LogP contribution in [0.4, 0.5) is 0 Å². The van der Waals surface area contributed by atoms with E-state index in [4.69, 9.17) is 4.99 Å². The average molecular weight is 366 g/mol. The molecule has 2 N–H and O–H groups in total. The second kappa shape index (κ2) is 11.5. The van der Waals surface area contributed by atoms with Gasteiger partial charge in [0.2, 0.25) is 0 Å². The van der Waals surface area contributed by atoms with E-state index < -0.39 is 0 Å². The molecule has 0 saturated carbocycles. The Morgan fingerprint density at radius 3 is 2.60 bits per heavy atom. The number of nitrogens with one attached hydrogen (secondary N) is 2. The molecule has 1 unspecified atom stereocenters. The molecule has 1 atom stereocenters. The summed E-state index contributed by atoms with van der Waals surface area (Å²) in [4.78, 5) is 11.4. The van der Waals surface area contributed by atoms with Crippen LogP contribution in [0.25, 0.3) is 0 Å². The molecule has 0 radical (unpaired) electrons. The van der Waals surface area contributed by atoms with Crippen molar-refractivity contribution in [2.75, 3.05) is 52.4 Å². The van der Waals surface area contributed by atoms with E-state index in [1.54, 1.807) is 0 Å². The lowest BCUT2D eigenvalue weighted by molar-refractivity contribution is 0.255. The molecule has 1 saturated heterocycles. The third-order valence-corrected chi connectivity index (χ3v) is 5.81. The highest BCUT2D eigenvalue weighted by atomic mass is 32.1. The topological polar surface area (TPSA) is 42.9 Å². The van der Waals surface area contributed by atoms with Crippen molar-refractivity contribution in [3.05, 3.63) is 22.4 Å². The second-order valence-corrected chi connectivity index (χ2v) is 7.43. The first-order chi connectivity index (χ1) is 12.3. The van der Waals surface area contributed by atoms with Gasteiger partial charge in [0.15, 0.2) is 5.96 Å². The van der Waals surface area contributed by atoms with Crippen LogP contribution in [0, 0.1) is 0 Å². The van der Waals surface area contributed by atoms with E-state index in [-0.39, 0.29) is 0 Å². The van der Waals surface area contributed by atoms with E-state index in [2.05, 4.69) is 58.7 Å². The van der Waals surface area contributed by atoms with E-state index in [0.29, 0.717) is 6.04 Å². The van der Waals surface area contributed by atoms with Gasteiger partial charge in [-0.2, -0.15) is 0 Å². The van der Waals surface area contributed by atoms with E-state index in [0.717, 1.165) is 45.2 Å². The van der Waals surface area contributed by atoms with Crippen molar-refractivity contribution < 1.29 is 0 Å². The van der Waals surface area contributed by atoms with Crippen molar-refractivity contribution in [1.29, 1.82) is 0 Å². The quantitative estimate of drug-likeness (QED) is 0.494. The maximum Gasteiger partial charge on any atom is 0.191 e. The monoisotopic (exact) mass is 365 g/mol. The molecular weight excluding hydrogens is 330 g/mol. The lowest BCUT2D eigenvalue weighted by Gasteiger charge is -2.25. The summed E-state index contributed by atoms with van der Waals surface area (Å²) in [6, 6.07) is 4.82. The van der Waals surface area contributed by atoms with Gasteiger partial charge in [-0.1, -0.05) is 19.9 Å². The van der Waals surface area contributed by atoms with Crippen molar-refractivity contribution >= 4 is 17.3 Å². The van der Waals surface area contributed by atoms with Crippen molar-refractivity contribution in [2.45, 2.75) is 39.7 Å². The number of likely N-dealkylation sites (tertiary alicyclic amines) is 1. The average Bonchev–Trinajstić information content (AvgIpc) is 3.33. The van der Waals surface area contributed by atoms with Crippen LogP contribution in [-0.4, -0.2) is 68.1 Å². The molecule has 2 heterocycles. The van der Waals surface area contributed by atoms with Crippen LogP contribution >= 0.6 is 11.3 Å². The smallest absolute Gasteiger partial charge is 0.191 e.